The standard InChI is InChI=1S/C18H14FN5O3/c1-10-2-4-11(5-3-10)16-13(24-9-12(19)6-7-15(24)21-16)8-14-20-18(27-23-14)17(25)22-26/h2-7,9,26H,8H2,1H3,(H,22,25). The lowest BCUT2D eigenvalue weighted by Gasteiger charge is -2.04. The molecule has 0 saturated carbocycles. The van der Waals surface area contributed by atoms with Crippen LogP contribution in [0, 0.1) is 12.7 Å². The molecule has 4 aromatic rings. The molecule has 27 heavy (non-hydrogen) atoms. The molecule has 1 aromatic carbocycles. The summed E-state index contributed by atoms with van der Waals surface area (Å²) in [4.78, 5) is 19.9. The molecule has 3 heterocycles. The molecule has 9 heteroatoms. The lowest BCUT2D eigenvalue weighted by Crippen LogP contribution is -2.18. The Morgan fingerprint density at radius 3 is 2.74 bits per heavy atom. The molecular formula is C18H14FN5O3. The number of carbonyl (C=O) groups excluding carboxylic acids is 1. The number of halogens is 1. The van der Waals surface area contributed by atoms with Gasteiger partial charge in [0.25, 0.3) is 0 Å². The smallest absolute Gasteiger partial charge is 0.328 e. The number of carbonyl (C=O) groups is 1. The fraction of sp³-hybridized carbons (Fsp3) is 0.111. The molecule has 0 unspecified atom stereocenters. The van der Waals surface area contributed by atoms with Gasteiger partial charge in [-0.1, -0.05) is 35.0 Å². The van der Waals surface area contributed by atoms with Crippen molar-refractivity contribution in [2.75, 3.05) is 0 Å². The van der Waals surface area contributed by atoms with Crippen molar-refractivity contribution in [1.82, 2.24) is 25.0 Å². The summed E-state index contributed by atoms with van der Waals surface area (Å²) >= 11 is 0. The SMILES string of the molecule is Cc1ccc(-c2nc3ccc(F)cn3c2Cc2noc(C(=O)NO)n2)cc1. The zero-order valence-corrected chi connectivity index (χ0v) is 14.2. The molecule has 1 amide bonds. The minimum Gasteiger partial charge on any atom is -0.328 e. The predicted octanol–water partition coefficient (Wildman–Crippen LogP) is 2.54. The van der Waals surface area contributed by atoms with E-state index in [1.165, 1.54) is 17.7 Å². The second-order valence-corrected chi connectivity index (χ2v) is 5.98. The van der Waals surface area contributed by atoms with Gasteiger partial charge >= 0.3 is 11.8 Å². The van der Waals surface area contributed by atoms with Crippen molar-refractivity contribution in [2.24, 2.45) is 0 Å². The number of pyridine rings is 1. The van der Waals surface area contributed by atoms with E-state index in [9.17, 15) is 9.18 Å². The van der Waals surface area contributed by atoms with Crippen molar-refractivity contribution in [2.45, 2.75) is 13.3 Å². The summed E-state index contributed by atoms with van der Waals surface area (Å²) in [7, 11) is 0. The van der Waals surface area contributed by atoms with Gasteiger partial charge in [-0.25, -0.2) is 14.9 Å². The van der Waals surface area contributed by atoms with Crippen LogP contribution < -0.4 is 5.48 Å². The van der Waals surface area contributed by atoms with Gasteiger partial charge in [0.15, 0.2) is 5.82 Å². The molecule has 0 fully saturated rings. The number of aryl methyl sites for hydroxylation is 1. The summed E-state index contributed by atoms with van der Waals surface area (Å²) in [6.07, 6.45) is 1.48. The molecule has 4 rings (SSSR count). The maximum atomic E-state index is 13.8. The number of rotatable bonds is 4. The Balaban J connectivity index is 1.83. The zero-order chi connectivity index (χ0) is 19.0. The third-order valence-corrected chi connectivity index (χ3v) is 4.10. The summed E-state index contributed by atoms with van der Waals surface area (Å²) in [6, 6.07) is 10.7. The van der Waals surface area contributed by atoms with Crippen LogP contribution in [0.2, 0.25) is 0 Å². The number of hydrogen-bond acceptors (Lipinski definition) is 6. The summed E-state index contributed by atoms with van der Waals surface area (Å²) in [5, 5.41) is 12.4. The Labute approximate surface area is 152 Å². The molecule has 0 atom stereocenters. The van der Waals surface area contributed by atoms with Gasteiger partial charge in [-0.3, -0.25) is 10.0 Å². The number of hydroxylamine groups is 1. The summed E-state index contributed by atoms with van der Waals surface area (Å²) in [5.74, 6) is -1.49. The normalized spacial score (nSPS) is 11.1. The highest BCUT2D eigenvalue weighted by Gasteiger charge is 2.20. The van der Waals surface area contributed by atoms with Gasteiger partial charge in [-0.15, -0.1) is 0 Å². The molecule has 0 bridgehead atoms. The fourth-order valence-corrected chi connectivity index (χ4v) is 2.79. The highest BCUT2D eigenvalue weighted by molar-refractivity contribution is 5.88. The molecule has 0 aliphatic carbocycles. The Morgan fingerprint density at radius 1 is 1.22 bits per heavy atom. The largest absolute Gasteiger partial charge is 0.333 e. The molecule has 3 aromatic heterocycles. The van der Waals surface area contributed by atoms with E-state index in [0.717, 1.165) is 11.1 Å². The van der Waals surface area contributed by atoms with Crippen LogP contribution in [0.15, 0.2) is 47.1 Å². The van der Waals surface area contributed by atoms with Crippen molar-refractivity contribution in [3.05, 3.63) is 71.4 Å². The Morgan fingerprint density at radius 2 is 2.00 bits per heavy atom. The summed E-state index contributed by atoms with van der Waals surface area (Å²) in [5.41, 5.74) is 5.26. The van der Waals surface area contributed by atoms with Crippen LogP contribution in [0.25, 0.3) is 16.9 Å². The minimum absolute atomic E-state index is 0.149. The average molecular weight is 367 g/mol. The number of benzene rings is 1. The molecule has 0 spiro atoms. The van der Waals surface area contributed by atoms with Crippen LogP contribution in [0.3, 0.4) is 0 Å². The van der Waals surface area contributed by atoms with Gasteiger partial charge in [0.1, 0.15) is 11.5 Å². The van der Waals surface area contributed by atoms with Gasteiger partial charge in [0.05, 0.1) is 17.8 Å². The molecule has 0 radical (unpaired) electrons. The number of nitrogens with one attached hydrogen (secondary N) is 1. The van der Waals surface area contributed by atoms with Crippen LogP contribution in [0.4, 0.5) is 4.39 Å². The quantitative estimate of drug-likeness (QED) is 0.424. The van der Waals surface area contributed by atoms with Gasteiger partial charge in [0.2, 0.25) is 0 Å². The van der Waals surface area contributed by atoms with E-state index in [1.54, 1.807) is 10.5 Å². The van der Waals surface area contributed by atoms with Crippen molar-refractivity contribution in [3.63, 3.8) is 0 Å². The van der Waals surface area contributed by atoms with Crippen LogP contribution in [-0.2, 0) is 6.42 Å². The van der Waals surface area contributed by atoms with Gasteiger partial charge in [-0.2, -0.15) is 4.98 Å². The maximum Gasteiger partial charge on any atom is 0.333 e. The van der Waals surface area contributed by atoms with Gasteiger partial charge < -0.3 is 8.92 Å². The highest BCUT2D eigenvalue weighted by Crippen LogP contribution is 2.26. The first-order valence-electron chi connectivity index (χ1n) is 8.05. The molecule has 0 aliphatic heterocycles. The average Bonchev–Trinajstić information content (AvgIpc) is 3.27. The van der Waals surface area contributed by atoms with E-state index in [0.29, 0.717) is 17.0 Å². The minimum atomic E-state index is -0.906. The fourth-order valence-electron chi connectivity index (χ4n) is 2.79. The molecule has 0 aliphatic rings. The Hall–Kier alpha value is -3.59. The van der Waals surface area contributed by atoms with Crippen molar-refractivity contribution in [3.8, 4) is 11.3 Å². The van der Waals surface area contributed by atoms with Gasteiger partial charge in [0, 0.05) is 11.8 Å². The van der Waals surface area contributed by atoms with Gasteiger partial charge in [-0.05, 0) is 19.1 Å². The van der Waals surface area contributed by atoms with E-state index in [4.69, 9.17) is 9.73 Å². The highest BCUT2D eigenvalue weighted by atomic mass is 19.1. The summed E-state index contributed by atoms with van der Waals surface area (Å²) < 4.78 is 20.2. The number of hydrogen-bond donors (Lipinski definition) is 2. The number of fused-ring (bicyclic) bond motifs is 1. The molecule has 136 valence electrons. The Kier molecular flexibility index (Phi) is 4.13. The number of aromatic nitrogens is 4. The first-order valence-corrected chi connectivity index (χ1v) is 8.05. The second-order valence-electron chi connectivity index (χ2n) is 5.98. The van der Waals surface area contributed by atoms with Crippen molar-refractivity contribution >= 4 is 11.6 Å². The van der Waals surface area contributed by atoms with Crippen LogP contribution in [-0.4, -0.2) is 30.6 Å². The Bertz CT molecular complexity index is 1130. The van der Waals surface area contributed by atoms with Crippen LogP contribution in [0.1, 0.15) is 27.8 Å². The van der Waals surface area contributed by atoms with Crippen LogP contribution >= 0.6 is 0 Å². The number of amides is 1. The van der Waals surface area contributed by atoms with E-state index in [2.05, 4.69) is 15.1 Å². The number of nitrogens with zero attached hydrogens (tertiary/aromatic N) is 4. The van der Waals surface area contributed by atoms with Crippen molar-refractivity contribution < 1.29 is 18.9 Å². The zero-order valence-electron chi connectivity index (χ0n) is 14.2. The monoisotopic (exact) mass is 367 g/mol. The lowest BCUT2D eigenvalue weighted by molar-refractivity contribution is 0.0659. The van der Waals surface area contributed by atoms with E-state index < -0.39 is 11.7 Å². The predicted molar refractivity (Wildman–Crippen MR) is 91.7 cm³/mol. The number of imidazole rings is 1. The van der Waals surface area contributed by atoms with E-state index in [1.807, 2.05) is 31.2 Å². The molecule has 2 N–H and O–H groups in total. The molecular weight excluding hydrogens is 353 g/mol. The third kappa shape index (κ3) is 3.15. The molecule has 8 nitrogen and oxygen atoms in total. The first-order chi connectivity index (χ1) is 13.0. The van der Waals surface area contributed by atoms with Crippen LogP contribution in [0.5, 0.6) is 0 Å². The maximum absolute atomic E-state index is 13.8. The summed E-state index contributed by atoms with van der Waals surface area (Å²) in [6.45, 7) is 1.98. The van der Waals surface area contributed by atoms with Crippen molar-refractivity contribution in [1.29, 1.82) is 0 Å². The second kappa shape index (κ2) is 6.61. The first kappa shape index (κ1) is 16.9. The lowest BCUT2D eigenvalue weighted by atomic mass is 10.1. The van der Waals surface area contributed by atoms with E-state index >= 15 is 0 Å². The third-order valence-electron chi connectivity index (χ3n) is 4.10. The van der Waals surface area contributed by atoms with E-state index in [-0.39, 0.29) is 18.1 Å². The molecule has 0 saturated heterocycles. The topological polar surface area (TPSA) is 106 Å².